The number of nitrogens with zero attached hydrogens (tertiary/aromatic N) is 1. The van der Waals surface area contributed by atoms with E-state index in [0.717, 1.165) is 6.42 Å². The molecule has 0 N–H and O–H groups in total. The molecular formula is C15H21NO3S. The van der Waals surface area contributed by atoms with Crippen LogP contribution in [0.15, 0.2) is 29.2 Å². The van der Waals surface area contributed by atoms with Gasteiger partial charge in [0.05, 0.1) is 35.0 Å². The highest BCUT2D eigenvalue weighted by atomic mass is 32.2. The minimum atomic E-state index is -3.39. The van der Waals surface area contributed by atoms with E-state index in [4.69, 9.17) is 10.00 Å². The molecule has 4 nitrogen and oxygen atoms in total. The van der Waals surface area contributed by atoms with Crippen LogP contribution in [-0.4, -0.2) is 26.9 Å². The lowest BCUT2D eigenvalue weighted by molar-refractivity contribution is 0.0627. The van der Waals surface area contributed by atoms with Crippen molar-refractivity contribution in [2.24, 2.45) is 5.92 Å². The maximum atomic E-state index is 12.1. The molecule has 0 amide bonds. The Labute approximate surface area is 121 Å². The first kappa shape index (κ1) is 16.7. The Kier molecular flexibility index (Phi) is 6.18. The van der Waals surface area contributed by atoms with Crippen molar-refractivity contribution in [1.29, 1.82) is 5.26 Å². The molecule has 0 saturated carbocycles. The molecule has 0 aliphatic rings. The molecule has 0 fully saturated rings. The predicted octanol–water partition coefficient (Wildman–Crippen LogP) is 2.78. The fourth-order valence-corrected chi connectivity index (χ4v) is 3.11. The van der Waals surface area contributed by atoms with Crippen LogP contribution in [0.3, 0.4) is 0 Å². The fraction of sp³-hybridized carbons (Fsp3) is 0.533. The van der Waals surface area contributed by atoms with Crippen molar-refractivity contribution in [3.05, 3.63) is 29.8 Å². The van der Waals surface area contributed by atoms with Gasteiger partial charge < -0.3 is 4.74 Å². The van der Waals surface area contributed by atoms with Crippen LogP contribution in [0, 0.1) is 17.2 Å². The Balaban J connectivity index is 2.60. The number of rotatable bonds is 7. The number of hydrogen-bond acceptors (Lipinski definition) is 4. The zero-order valence-electron chi connectivity index (χ0n) is 12.2. The van der Waals surface area contributed by atoms with Gasteiger partial charge in [-0.15, -0.1) is 0 Å². The second-order valence-electron chi connectivity index (χ2n) is 5.27. The second kappa shape index (κ2) is 7.41. The summed E-state index contributed by atoms with van der Waals surface area (Å²) in [5.41, 5.74) is 0.347. The fourth-order valence-electron chi connectivity index (χ4n) is 1.97. The van der Waals surface area contributed by atoms with Crippen molar-refractivity contribution >= 4 is 9.84 Å². The number of hydrogen-bond donors (Lipinski definition) is 0. The molecule has 1 aromatic carbocycles. The lowest BCUT2D eigenvalue weighted by atomic mass is 10.1. The largest absolute Gasteiger partial charge is 0.377 e. The number of ether oxygens (including phenoxy) is 1. The summed E-state index contributed by atoms with van der Waals surface area (Å²) >= 11 is 0. The van der Waals surface area contributed by atoms with E-state index < -0.39 is 9.84 Å². The van der Waals surface area contributed by atoms with Crippen molar-refractivity contribution in [1.82, 2.24) is 0 Å². The van der Waals surface area contributed by atoms with Gasteiger partial charge in [0.15, 0.2) is 9.84 Å². The molecule has 0 aliphatic carbocycles. The summed E-state index contributed by atoms with van der Waals surface area (Å²) in [7, 11) is -3.39. The quantitative estimate of drug-likeness (QED) is 0.775. The second-order valence-corrected chi connectivity index (χ2v) is 7.38. The third-order valence-electron chi connectivity index (χ3n) is 2.88. The summed E-state index contributed by atoms with van der Waals surface area (Å²) in [6.07, 6.45) is 0.958. The average molecular weight is 295 g/mol. The van der Waals surface area contributed by atoms with Gasteiger partial charge in [0.1, 0.15) is 0 Å². The van der Waals surface area contributed by atoms with E-state index in [9.17, 15) is 8.42 Å². The molecule has 1 atom stereocenters. The topological polar surface area (TPSA) is 67.2 Å². The first-order valence-corrected chi connectivity index (χ1v) is 8.35. The van der Waals surface area contributed by atoms with Crippen molar-refractivity contribution < 1.29 is 13.2 Å². The third kappa shape index (κ3) is 5.32. The molecule has 0 aromatic heterocycles. The Bertz CT molecular complexity index is 573. The number of benzene rings is 1. The van der Waals surface area contributed by atoms with Crippen LogP contribution in [0.5, 0.6) is 0 Å². The van der Waals surface area contributed by atoms with Crippen molar-refractivity contribution in [2.45, 2.75) is 38.2 Å². The van der Waals surface area contributed by atoms with Crippen LogP contribution in [0.25, 0.3) is 0 Å². The summed E-state index contributed by atoms with van der Waals surface area (Å²) in [5.74, 6) is 0.457. The molecule has 0 bridgehead atoms. The highest BCUT2D eigenvalue weighted by Gasteiger charge is 2.15. The van der Waals surface area contributed by atoms with Gasteiger partial charge in [-0.2, -0.15) is 5.26 Å². The van der Waals surface area contributed by atoms with Crippen molar-refractivity contribution in [3.63, 3.8) is 0 Å². The van der Waals surface area contributed by atoms with Gasteiger partial charge in [0, 0.05) is 0 Å². The molecular weight excluding hydrogens is 274 g/mol. The molecule has 110 valence electrons. The van der Waals surface area contributed by atoms with Crippen molar-refractivity contribution in [3.8, 4) is 6.07 Å². The Morgan fingerprint density at radius 2 is 2.00 bits per heavy atom. The van der Waals surface area contributed by atoms with E-state index in [1.807, 2.05) is 13.0 Å². The molecule has 1 aromatic rings. The maximum absolute atomic E-state index is 12.1. The van der Waals surface area contributed by atoms with E-state index in [0.29, 0.717) is 11.5 Å². The van der Waals surface area contributed by atoms with Gasteiger partial charge in [-0.1, -0.05) is 19.9 Å². The van der Waals surface area contributed by atoms with E-state index in [1.54, 1.807) is 12.1 Å². The summed E-state index contributed by atoms with van der Waals surface area (Å²) in [6.45, 7) is 6.32. The summed E-state index contributed by atoms with van der Waals surface area (Å²) in [4.78, 5) is 0.177. The standard InChI is InChI=1S/C15H21NO3S/c1-12(2)9-13(3)19-7-8-20(17,18)15-6-4-5-14(10-15)11-16/h4-6,10,12-13H,7-9H2,1-3H3. The minimum absolute atomic E-state index is 0.0515. The van der Waals surface area contributed by atoms with Gasteiger partial charge in [-0.3, -0.25) is 0 Å². The molecule has 0 radical (unpaired) electrons. The molecule has 20 heavy (non-hydrogen) atoms. The average Bonchev–Trinajstić information content (AvgIpc) is 2.37. The van der Waals surface area contributed by atoms with Crippen LogP contribution in [0.1, 0.15) is 32.8 Å². The van der Waals surface area contributed by atoms with Crippen LogP contribution in [-0.2, 0) is 14.6 Å². The lowest BCUT2D eigenvalue weighted by Crippen LogP contribution is -2.18. The van der Waals surface area contributed by atoms with E-state index >= 15 is 0 Å². The smallest absolute Gasteiger partial charge is 0.180 e. The summed E-state index contributed by atoms with van der Waals surface area (Å²) in [6, 6.07) is 8.00. The SMILES string of the molecule is CC(C)CC(C)OCCS(=O)(=O)c1cccc(C#N)c1. The van der Waals surface area contributed by atoms with Gasteiger partial charge in [0.2, 0.25) is 0 Å². The lowest BCUT2D eigenvalue weighted by Gasteiger charge is -2.15. The first-order valence-electron chi connectivity index (χ1n) is 6.69. The highest BCUT2D eigenvalue weighted by molar-refractivity contribution is 7.91. The first-order chi connectivity index (χ1) is 9.35. The van der Waals surface area contributed by atoms with E-state index in [-0.39, 0.29) is 23.4 Å². The van der Waals surface area contributed by atoms with Crippen LogP contribution >= 0.6 is 0 Å². The summed E-state index contributed by atoms with van der Waals surface area (Å²) in [5, 5.41) is 8.79. The number of nitriles is 1. The molecule has 0 spiro atoms. The van der Waals surface area contributed by atoms with E-state index in [1.165, 1.54) is 12.1 Å². The zero-order chi connectivity index (χ0) is 15.2. The molecule has 1 unspecified atom stereocenters. The molecule has 1 rings (SSSR count). The Hall–Kier alpha value is -1.38. The highest BCUT2D eigenvalue weighted by Crippen LogP contribution is 2.14. The van der Waals surface area contributed by atoms with Gasteiger partial charge in [-0.05, 0) is 37.5 Å². The van der Waals surface area contributed by atoms with E-state index in [2.05, 4.69) is 13.8 Å². The van der Waals surface area contributed by atoms with Gasteiger partial charge in [0.25, 0.3) is 0 Å². The Morgan fingerprint density at radius 1 is 1.30 bits per heavy atom. The molecule has 0 saturated heterocycles. The third-order valence-corrected chi connectivity index (χ3v) is 4.56. The maximum Gasteiger partial charge on any atom is 0.180 e. The zero-order valence-corrected chi connectivity index (χ0v) is 13.0. The van der Waals surface area contributed by atoms with Crippen LogP contribution < -0.4 is 0 Å². The van der Waals surface area contributed by atoms with Gasteiger partial charge >= 0.3 is 0 Å². The van der Waals surface area contributed by atoms with Crippen LogP contribution in [0.4, 0.5) is 0 Å². The van der Waals surface area contributed by atoms with Crippen LogP contribution in [0.2, 0.25) is 0 Å². The van der Waals surface area contributed by atoms with Gasteiger partial charge in [-0.25, -0.2) is 8.42 Å². The van der Waals surface area contributed by atoms with Crippen molar-refractivity contribution in [2.75, 3.05) is 12.4 Å². The number of sulfone groups is 1. The minimum Gasteiger partial charge on any atom is -0.377 e. The monoisotopic (exact) mass is 295 g/mol. The normalized spacial score (nSPS) is 13.2. The summed E-state index contributed by atoms with van der Waals surface area (Å²) < 4.78 is 29.8. The predicted molar refractivity (Wildman–Crippen MR) is 78.1 cm³/mol. The molecule has 0 heterocycles. The molecule has 0 aliphatic heterocycles. The molecule has 5 heteroatoms. The Morgan fingerprint density at radius 3 is 2.60 bits per heavy atom.